The van der Waals surface area contributed by atoms with Crippen molar-refractivity contribution in [2.45, 2.75) is 37.8 Å². The van der Waals surface area contributed by atoms with Gasteiger partial charge in [-0.1, -0.05) is 66.2 Å². The van der Waals surface area contributed by atoms with Crippen molar-refractivity contribution in [3.8, 4) is 5.75 Å². The van der Waals surface area contributed by atoms with E-state index in [0.717, 1.165) is 15.4 Å². The summed E-state index contributed by atoms with van der Waals surface area (Å²) in [6.07, 6.45) is 0.139. The maximum Gasteiger partial charge on any atom is 0.264 e. The Bertz CT molecular complexity index is 1660. The fourth-order valence-corrected chi connectivity index (χ4v) is 6.18. The van der Waals surface area contributed by atoms with Crippen LogP contribution in [0, 0.1) is 12.7 Å². The third-order valence-electron chi connectivity index (χ3n) is 7.17. The molecule has 0 aliphatic carbocycles. The van der Waals surface area contributed by atoms with Crippen LogP contribution in [-0.2, 0) is 32.6 Å². The van der Waals surface area contributed by atoms with E-state index in [2.05, 4.69) is 5.32 Å². The molecule has 0 heterocycles. The van der Waals surface area contributed by atoms with Crippen molar-refractivity contribution in [2.24, 2.45) is 0 Å². The third-order valence-corrected chi connectivity index (χ3v) is 8.96. The van der Waals surface area contributed by atoms with E-state index in [1.165, 1.54) is 42.3 Å². The lowest BCUT2D eigenvalue weighted by atomic mass is 10.0. The summed E-state index contributed by atoms with van der Waals surface area (Å²) in [5, 5.41) is 2.79. The minimum absolute atomic E-state index is 0.00284. The Morgan fingerprint density at radius 2 is 1.52 bits per heavy atom. The number of anilines is 1. The number of benzene rings is 4. The Morgan fingerprint density at radius 1 is 0.886 bits per heavy atom. The highest BCUT2D eigenvalue weighted by Gasteiger charge is 2.34. The summed E-state index contributed by atoms with van der Waals surface area (Å²) in [5.74, 6) is -1.14. The summed E-state index contributed by atoms with van der Waals surface area (Å²) in [5.41, 5.74) is 2.08. The van der Waals surface area contributed by atoms with Crippen molar-refractivity contribution >= 4 is 27.5 Å². The monoisotopic (exact) mass is 617 g/mol. The molecule has 0 fully saturated rings. The van der Waals surface area contributed by atoms with Gasteiger partial charge in [0.15, 0.2) is 0 Å². The van der Waals surface area contributed by atoms with E-state index in [-0.39, 0.29) is 29.1 Å². The Kier molecular flexibility index (Phi) is 10.7. The van der Waals surface area contributed by atoms with Gasteiger partial charge < -0.3 is 15.0 Å². The molecular weight excluding hydrogens is 581 g/mol. The number of methoxy groups -OCH3 is 1. The minimum atomic E-state index is -4.24. The van der Waals surface area contributed by atoms with Crippen molar-refractivity contribution in [3.05, 3.63) is 126 Å². The first-order chi connectivity index (χ1) is 21.1. The lowest BCUT2D eigenvalue weighted by Crippen LogP contribution is -2.53. The molecule has 8 nitrogen and oxygen atoms in total. The molecule has 0 spiro atoms. The van der Waals surface area contributed by atoms with Crippen LogP contribution in [0.2, 0.25) is 0 Å². The highest BCUT2D eigenvalue weighted by molar-refractivity contribution is 7.92. The molecule has 1 N–H and O–H groups in total. The van der Waals surface area contributed by atoms with Gasteiger partial charge in [-0.25, -0.2) is 12.8 Å². The number of nitrogens with zero attached hydrogens (tertiary/aromatic N) is 2. The molecular formula is C34H36FN3O5S. The standard InChI is InChI=1S/C34H36FN3O5S/c1-4-36-34(40)32(22-26-10-6-5-7-11-26)37(23-27-12-8-9-13-31(27)35)33(39)24-38(28-16-18-29(43-3)19-17-28)44(41,42)30-20-14-25(2)15-21-30/h5-21,32H,4,22-24H2,1-3H3,(H,36,40)/t32-/m1/s1. The molecule has 0 unspecified atom stereocenters. The zero-order chi connectivity index (χ0) is 31.7. The van der Waals surface area contributed by atoms with Gasteiger partial charge in [-0.15, -0.1) is 0 Å². The highest BCUT2D eigenvalue weighted by atomic mass is 32.2. The van der Waals surface area contributed by atoms with Crippen molar-refractivity contribution in [3.63, 3.8) is 0 Å². The number of halogens is 1. The number of sulfonamides is 1. The summed E-state index contributed by atoms with van der Waals surface area (Å²) in [6, 6.07) is 26.7. The second-order valence-electron chi connectivity index (χ2n) is 10.2. The number of aryl methyl sites for hydroxylation is 1. The molecule has 0 aliphatic heterocycles. The van der Waals surface area contributed by atoms with E-state index in [0.29, 0.717) is 12.3 Å². The molecule has 230 valence electrons. The fraction of sp³-hybridized carbons (Fsp3) is 0.235. The summed E-state index contributed by atoms with van der Waals surface area (Å²) < 4.78 is 49.3. The highest BCUT2D eigenvalue weighted by Crippen LogP contribution is 2.27. The van der Waals surface area contributed by atoms with E-state index in [4.69, 9.17) is 4.74 Å². The molecule has 4 aromatic carbocycles. The van der Waals surface area contributed by atoms with Gasteiger partial charge in [0.1, 0.15) is 24.2 Å². The molecule has 0 saturated carbocycles. The minimum Gasteiger partial charge on any atom is -0.497 e. The SMILES string of the molecule is CCNC(=O)[C@@H](Cc1ccccc1)N(Cc1ccccc1F)C(=O)CN(c1ccc(OC)cc1)S(=O)(=O)c1ccc(C)cc1. The number of nitrogens with one attached hydrogen (secondary N) is 1. The second-order valence-corrected chi connectivity index (χ2v) is 12.1. The average Bonchev–Trinajstić information content (AvgIpc) is 3.03. The van der Waals surface area contributed by atoms with Crippen LogP contribution in [0.5, 0.6) is 5.75 Å². The van der Waals surface area contributed by atoms with Gasteiger partial charge in [0.2, 0.25) is 11.8 Å². The summed E-state index contributed by atoms with van der Waals surface area (Å²) >= 11 is 0. The van der Waals surface area contributed by atoms with Crippen LogP contribution in [0.25, 0.3) is 0 Å². The summed E-state index contributed by atoms with van der Waals surface area (Å²) in [4.78, 5) is 29.1. The van der Waals surface area contributed by atoms with Crippen LogP contribution in [0.3, 0.4) is 0 Å². The van der Waals surface area contributed by atoms with Gasteiger partial charge in [0.05, 0.1) is 17.7 Å². The number of ether oxygens (including phenoxy) is 1. The van der Waals surface area contributed by atoms with Crippen molar-refractivity contribution in [1.82, 2.24) is 10.2 Å². The van der Waals surface area contributed by atoms with Gasteiger partial charge in [-0.3, -0.25) is 13.9 Å². The normalized spacial score (nSPS) is 11.8. The number of carbonyl (C=O) groups is 2. The first-order valence-corrected chi connectivity index (χ1v) is 15.7. The predicted octanol–water partition coefficient (Wildman–Crippen LogP) is 5.11. The molecule has 2 amide bonds. The zero-order valence-corrected chi connectivity index (χ0v) is 25.8. The maximum absolute atomic E-state index is 14.9. The van der Waals surface area contributed by atoms with Crippen molar-refractivity contribution < 1.29 is 27.1 Å². The predicted molar refractivity (Wildman–Crippen MR) is 168 cm³/mol. The Hall–Kier alpha value is -4.70. The molecule has 0 bridgehead atoms. The number of hydrogen-bond donors (Lipinski definition) is 1. The number of carbonyl (C=O) groups excluding carboxylic acids is 2. The molecule has 0 aliphatic rings. The Labute approximate surface area is 258 Å². The van der Waals surface area contributed by atoms with Crippen molar-refractivity contribution in [1.29, 1.82) is 0 Å². The fourth-order valence-electron chi connectivity index (χ4n) is 4.77. The van der Waals surface area contributed by atoms with Gasteiger partial charge in [0.25, 0.3) is 10.0 Å². The second kappa shape index (κ2) is 14.7. The van der Waals surface area contributed by atoms with Crippen LogP contribution in [0.4, 0.5) is 10.1 Å². The van der Waals surface area contributed by atoms with Crippen molar-refractivity contribution in [2.75, 3.05) is 24.5 Å². The van der Waals surface area contributed by atoms with E-state index >= 15 is 0 Å². The van der Waals surface area contributed by atoms with Gasteiger partial charge in [-0.2, -0.15) is 0 Å². The van der Waals surface area contributed by atoms with E-state index in [1.54, 1.807) is 49.4 Å². The molecule has 1 atom stereocenters. The lowest BCUT2D eigenvalue weighted by Gasteiger charge is -2.34. The average molecular weight is 618 g/mol. The number of likely N-dealkylation sites (N-methyl/N-ethyl adjacent to an activating group) is 1. The third kappa shape index (κ3) is 7.82. The lowest BCUT2D eigenvalue weighted by molar-refractivity contribution is -0.140. The topological polar surface area (TPSA) is 96.0 Å². The Balaban J connectivity index is 1.80. The zero-order valence-electron chi connectivity index (χ0n) is 24.9. The molecule has 10 heteroatoms. The molecule has 4 aromatic rings. The van der Waals surface area contributed by atoms with Gasteiger partial charge >= 0.3 is 0 Å². The number of rotatable bonds is 13. The molecule has 0 aromatic heterocycles. The van der Waals surface area contributed by atoms with E-state index in [1.807, 2.05) is 37.3 Å². The number of hydrogen-bond acceptors (Lipinski definition) is 5. The summed E-state index contributed by atoms with van der Waals surface area (Å²) in [7, 11) is -2.75. The first kappa shape index (κ1) is 32.2. The smallest absolute Gasteiger partial charge is 0.264 e. The van der Waals surface area contributed by atoms with Gasteiger partial charge in [0, 0.05) is 25.1 Å². The molecule has 4 rings (SSSR count). The largest absolute Gasteiger partial charge is 0.497 e. The van der Waals surface area contributed by atoms with Crippen LogP contribution in [0.15, 0.2) is 108 Å². The van der Waals surface area contributed by atoms with Crippen LogP contribution < -0.4 is 14.4 Å². The van der Waals surface area contributed by atoms with Gasteiger partial charge in [-0.05, 0) is 61.9 Å². The van der Waals surface area contributed by atoms with Crippen LogP contribution in [0.1, 0.15) is 23.6 Å². The number of amides is 2. The Morgan fingerprint density at radius 3 is 2.14 bits per heavy atom. The quantitative estimate of drug-likeness (QED) is 0.225. The van der Waals surface area contributed by atoms with E-state index in [9.17, 15) is 22.4 Å². The van der Waals surface area contributed by atoms with E-state index < -0.39 is 40.2 Å². The van der Waals surface area contributed by atoms with Crippen LogP contribution >= 0.6 is 0 Å². The van der Waals surface area contributed by atoms with Crippen LogP contribution in [-0.4, -0.2) is 51.4 Å². The maximum atomic E-state index is 14.9. The summed E-state index contributed by atoms with van der Waals surface area (Å²) in [6.45, 7) is 3.03. The molecule has 0 saturated heterocycles. The molecule has 44 heavy (non-hydrogen) atoms. The molecule has 0 radical (unpaired) electrons. The first-order valence-electron chi connectivity index (χ1n) is 14.2.